The average Bonchev–Trinajstić information content (AvgIpc) is 3.07. The fourth-order valence-corrected chi connectivity index (χ4v) is 4.25. The molecule has 2 aromatic carbocycles. The molecule has 0 amide bonds. The van der Waals surface area contributed by atoms with Crippen LogP contribution in [-0.4, -0.2) is 40.6 Å². The van der Waals surface area contributed by atoms with Crippen LogP contribution < -0.4 is 5.32 Å². The van der Waals surface area contributed by atoms with E-state index < -0.39 is 12.4 Å². The van der Waals surface area contributed by atoms with E-state index in [1.165, 1.54) is 5.56 Å². The topological polar surface area (TPSA) is 63.1 Å². The Morgan fingerprint density at radius 3 is 2.73 bits per heavy atom. The van der Waals surface area contributed by atoms with Crippen LogP contribution in [0.4, 0.5) is 5.69 Å². The third-order valence-electron chi connectivity index (χ3n) is 4.52. The highest BCUT2D eigenvalue weighted by Crippen LogP contribution is 2.35. The summed E-state index contributed by atoms with van der Waals surface area (Å²) in [6.45, 7) is 2.93. The fourth-order valence-electron chi connectivity index (χ4n) is 3.06. The number of nitrogens with zero attached hydrogens (tertiary/aromatic N) is 1. The Morgan fingerprint density at radius 2 is 1.96 bits per heavy atom. The Morgan fingerprint density at radius 1 is 1.19 bits per heavy atom. The van der Waals surface area contributed by atoms with Crippen molar-refractivity contribution in [2.24, 2.45) is 4.99 Å². The lowest BCUT2D eigenvalue weighted by atomic mass is 10.1. The maximum Gasteiger partial charge on any atom is 0.185 e. The van der Waals surface area contributed by atoms with Gasteiger partial charge in [0.2, 0.25) is 0 Å². The zero-order valence-electron chi connectivity index (χ0n) is 14.5. The summed E-state index contributed by atoms with van der Waals surface area (Å²) in [5, 5.41) is 14.7. The normalized spacial score (nSPS) is 27.7. The van der Waals surface area contributed by atoms with Gasteiger partial charge in [-0.1, -0.05) is 59.8 Å². The number of aliphatic hydroxyl groups is 1. The molecule has 136 valence electrons. The first-order valence-electron chi connectivity index (χ1n) is 8.72. The van der Waals surface area contributed by atoms with Gasteiger partial charge in [-0.15, -0.1) is 0 Å². The van der Waals surface area contributed by atoms with Crippen molar-refractivity contribution in [2.75, 3.05) is 11.9 Å². The van der Waals surface area contributed by atoms with E-state index in [0.29, 0.717) is 13.2 Å². The fraction of sp³-hybridized carbons (Fsp3) is 0.350. The van der Waals surface area contributed by atoms with Gasteiger partial charge in [-0.3, -0.25) is 4.99 Å². The van der Waals surface area contributed by atoms with E-state index in [-0.39, 0.29) is 11.3 Å². The monoisotopic (exact) mass is 370 g/mol. The molecule has 4 rings (SSSR count). The molecule has 1 saturated heterocycles. The number of hydrogen-bond acceptors (Lipinski definition) is 6. The molecule has 5 nitrogen and oxygen atoms in total. The van der Waals surface area contributed by atoms with E-state index in [9.17, 15) is 5.11 Å². The maximum absolute atomic E-state index is 10.7. The molecule has 0 saturated carbocycles. The van der Waals surface area contributed by atoms with Gasteiger partial charge in [0.05, 0.1) is 24.5 Å². The molecule has 0 bridgehead atoms. The van der Waals surface area contributed by atoms with Crippen LogP contribution in [0.5, 0.6) is 0 Å². The summed E-state index contributed by atoms with van der Waals surface area (Å²) < 4.78 is 11.5. The minimum atomic E-state index is -0.719. The van der Waals surface area contributed by atoms with Crippen molar-refractivity contribution in [2.45, 2.75) is 37.2 Å². The first-order valence-corrected chi connectivity index (χ1v) is 9.60. The van der Waals surface area contributed by atoms with Crippen LogP contribution in [0.1, 0.15) is 11.1 Å². The summed E-state index contributed by atoms with van der Waals surface area (Å²) in [6, 6.07) is 18.0. The molecule has 1 fully saturated rings. The second-order valence-corrected chi connectivity index (χ2v) is 7.73. The van der Waals surface area contributed by atoms with E-state index in [0.717, 1.165) is 16.4 Å². The number of amidine groups is 1. The molecule has 0 aromatic heterocycles. The van der Waals surface area contributed by atoms with Crippen LogP contribution in [-0.2, 0) is 16.1 Å². The first-order chi connectivity index (χ1) is 12.7. The molecule has 6 heteroatoms. The highest BCUT2D eigenvalue weighted by atomic mass is 32.2. The Labute approximate surface area is 157 Å². The number of aryl methyl sites for hydroxylation is 1. The van der Waals surface area contributed by atoms with Crippen molar-refractivity contribution in [3.05, 3.63) is 65.7 Å². The molecule has 0 aliphatic carbocycles. The van der Waals surface area contributed by atoms with E-state index in [1.807, 2.05) is 42.5 Å². The Kier molecular flexibility index (Phi) is 5.26. The summed E-state index contributed by atoms with van der Waals surface area (Å²) in [4.78, 5) is 4.66. The number of benzene rings is 2. The Bertz CT molecular complexity index is 766. The highest BCUT2D eigenvalue weighted by molar-refractivity contribution is 8.15. The van der Waals surface area contributed by atoms with Gasteiger partial charge < -0.3 is 19.9 Å². The maximum atomic E-state index is 10.7. The van der Waals surface area contributed by atoms with Crippen LogP contribution >= 0.6 is 11.8 Å². The number of fused-ring (bicyclic) bond motifs is 1. The lowest BCUT2D eigenvalue weighted by Crippen LogP contribution is -2.50. The van der Waals surface area contributed by atoms with Crippen LogP contribution in [0.25, 0.3) is 0 Å². The quantitative estimate of drug-likeness (QED) is 0.865. The SMILES string of the molecule is Cc1ccc(NC2=N[C@H]3CO[C@H](OCc4ccccc4)[C@H](O)[C@H]3S2)cc1. The number of aliphatic hydroxyl groups excluding tert-OH is 1. The van der Waals surface area contributed by atoms with Crippen molar-refractivity contribution in [3.63, 3.8) is 0 Å². The summed E-state index contributed by atoms with van der Waals surface area (Å²) in [5.74, 6) is 0. The van der Waals surface area contributed by atoms with Crippen LogP contribution in [0.15, 0.2) is 59.6 Å². The number of anilines is 1. The number of rotatable bonds is 4. The minimum Gasteiger partial charge on any atom is -0.387 e. The largest absolute Gasteiger partial charge is 0.387 e. The minimum absolute atomic E-state index is 0.0560. The van der Waals surface area contributed by atoms with Gasteiger partial charge in [0, 0.05) is 5.69 Å². The number of nitrogens with one attached hydrogen (secondary N) is 1. The lowest BCUT2D eigenvalue weighted by molar-refractivity contribution is -0.220. The van der Waals surface area contributed by atoms with Gasteiger partial charge in [-0.05, 0) is 24.6 Å². The molecule has 2 heterocycles. The second-order valence-electron chi connectivity index (χ2n) is 6.56. The summed E-state index contributed by atoms with van der Waals surface area (Å²) in [7, 11) is 0. The first kappa shape index (κ1) is 17.5. The summed E-state index contributed by atoms with van der Waals surface area (Å²) in [5.41, 5.74) is 3.27. The van der Waals surface area contributed by atoms with E-state index in [1.54, 1.807) is 11.8 Å². The average molecular weight is 370 g/mol. The lowest BCUT2D eigenvalue weighted by Gasteiger charge is -2.34. The van der Waals surface area contributed by atoms with Crippen molar-refractivity contribution in [1.82, 2.24) is 0 Å². The standard InChI is InChI=1S/C20H22N2O3S/c1-13-7-9-15(10-8-13)21-20-22-16-12-25-19(17(23)18(16)26-20)24-11-14-5-3-2-4-6-14/h2-10,16-19,23H,11-12H2,1H3,(H,21,22)/t16-,17+,18-,19-/m0/s1. The highest BCUT2D eigenvalue weighted by Gasteiger charge is 2.44. The molecule has 26 heavy (non-hydrogen) atoms. The van der Waals surface area contributed by atoms with Gasteiger partial charge in [0.25, 0.3) is 0 Å². The third kappa shape index (κ3) is 3.94. The molecule has 0 spiro atoms. The Balaban J connectivity index is 1.34. The molecule has 2 aliphatic rings. The number of aliphatic imine (C=N–C) groups is 1. The molecule has 2 aliphatic heterocycles. The number of thioether (sulfide) groups is 1. The zero-order chi connectivity index (χ0) is 17.9. The predicted molar refractivity (Wildman–Crippen MR) is 104 cm³/mol. The molecular formula is C20H22N2O3S. The van der Waals surface area contributed by atoms with Gasteiger partial charge in [-0.25, -0.2) is 0 Å². The summed E-state index contributed by atoms with van der Waals surface area (Å²) in [6.07, 6.45) is -1.35. The van der Waals surface area contributed by atoms with E-state index in [2.05, 4.69) is 29.4 Å². The van der Waals surface area contributed by atoms with Crippen molar-refractivity contribution in [1.29, 1.82) is 0 Å². The van der Waals surface area contributed by atoms with Crippen LogP contribution in [0.2, 0.25) is 0 Å². The molecule has 4 atom stereocenters. The zero-order valence-corrected chi connectivity index (χ0v) is 15.4. The molecule has 0 unspecified atom stereocenters. The molecule has 2 aromatic rings. The smallest absolute Gasteiger partial charge is 0.185 e. The van der Waals surface area contributed by atoms with Gasteiger partial charge in [-0.2, -0.15) is 0 Å². The van der Waals surface area contributed by atoms with Crippen LogP contribution in [0, 0.1) is 6.92 Å². The van der Waals surface area contributed by atoms with Crippen molar-refractivity contribution >= 4 is 22.6 Å². The number of ether oxygens (including phenoxy) is 2. The van der Waals surface area contributed by atoms with Crippen molar-refractivity contribution < 1.29 is 14.6 Å². The molecule has 2 N–H and O–H groups in total. The molecular weight excluding hydrogens is 348 g/mol. The van der Waals surface area contributed by atoms with Crippen LogP contribution in [0.3, 0.4) is 0 Å². The second kappa shape index (κ2) is 7.80. The van der Waals surface area contributed by atoms with E-state index in [4.69, 9.17) is 9.47 Å². The predicted octanol–water partition coefficient (Wildman–Crippen LogP) is 3.18. The summed E-state index contributed by atoms with van der Waals surface area (Å²) >= 11 is 1.56. The number of hydrogen-bond donors (Lipinski definition) is 2. The van der Waals surface area contributed by atoms with Crippen molar-refractivity contribution in [3.8, 4) is 0 Å². The molecule has 0 radical (unpaired) electrons. The van der Waals surface area contributed by atoms with Gasteiger partial charge in [0.1, 0.15) is 6.10 Å². The Hall–Kier alpha value is -1.86. The van der Waals surface area contributed by atoms with E-state index >= 15 is 0 Å². The van der Waals surface area contributed by atoms with Gasteiger partial charge in [0.15, 0.2) is 11.5 Å². The third-order valence-corrected chi connectivity index (χ3v) is 5.81. The van der Waals surface area contributed by atoms with Gasteiger partial charge >= 0.3 is 0 Å².